The first kappa shape index (κ1) is 14.1. The Bertz CT molecular complexity index is 355. The molecule has 0 aromatic rings. The lowest BCUT2D eigenvalue weighted by atomic mass is 9.85. The van der Waals surface area contributed by atoms with E-state index in [0.717, 1.165) is 18.8 Å². The molecule has 2 fully saturated rings. The Labute approximate surface area is 118 Å². The van der Waals surface area contributed by atoms with Crippen LogP contribution >= 0.6 is 22.6 Å². The summed E-state index contributed by atoms with van der Waals surface area (Å²) in [6.45, 7) is 2.23. The number of halogens is 1. The molecule has 0 spiro atoms. The SMILES string of the molecule is CCC1CCCC(OC2CS(=O)(=O)CC2I)C1. The van der Waals surface area contributed by atoms with Gasteiger partial charge in [-0.25, -0.2) is 8.42 Å². The molecule has 2 rings (SSSR count). The second kappa shape index (κ2) is 5.74. The van der Waals surface area contributed by atoms with Gasteiger partial charge in [0.15, 0.2) is 9.84 Å². The summed E-state index contributed by atoms with van der Waals surface area (Å²) in [6.07, 6.45) is 6.22. The van der Waals surface area contributed by atoms with Gasteiger partial charge in [0.1, 0.15) is 0 Å². The van der Waals surface area contributed by atoms with Crippen molar-refractivity contribution in [3.63, 3.8) is 0 Å². The van der Waals surface area contributed by atoms with Crippen molar-refractivity contribution >= 4 is 32.4 Å². The van der Waals surface area contributed by atoms with Gasteiger partial charge in [-0.2, -0.15) is 0 Å². The van der Waals surface area contributed by atoms with Gasteiger partial charge in [-0.05, 0) is 18.8 Å². The molecule has 1 saturated heterocycles. The van der Waals surface area contributed by atoms with Gasteiger partial charge in [-0.15, -0.1) is 0 Å². The van der Waals surface area contributed by atoms with Gasteiger partial charge >= 0.3 is 0 Å². The Morgan fingerprint density at radius 1 is 1.29 bits per heavy atom. The summed E-state index contributed by atoms with van der Waals surface area (Å²) < 4.78 is 29.2. The van der Waals surface area contributed by atoms with Gasteiger partial charge in [0.25, 0.3) is 0 Å². The van der Waals surface area contributed by atoms with Gasteiger partial charge in [0, 0.05) is 0 Å². The minimum absolute atomic E-state index is 0.0683. The fourth-order valence-corrected chi connectivity index (χ4v) is 6.94. The molecule has 1 aliphatic carbocycles. The fraction of sp³-hybridized carbons (Fsp3) is 1.00. The first-order valence-electron chi connectivity index (χ1n) is 6.50. The molecule has 0 aromatic carbocycles. The summed E-state index contributed by atoms with van der Waals surface area (Å²) in [4.78, 5) is 0. The molecule has 0 aromatic heterocycles. The molecular weight excluding hydrogens is 351 g/mol. The Morgan fingerprint density at radius 2 is 2.06 bits per heavy atom. The molecular formula is C12H21IO3S. The molecule has 0 bridgehead atoms. The summed E-state index contributed by atoms with van der Waals surface area (Å²) in [6, 6.07) is 0. The van der Waals surface area contributed by atoms with Gasteiger partial charge < -0.3 is 4.74 Å². The maximum Gasteiger partial charge on any atom is 0.154 e. The van der Waals surface area contributed by atoms with E-state index in [0.29, 0.717) is 11.9 Å². The molecule has 0 amide bonds. The molecule has 1 saturated carbocycles. The average molecular weight is 372 g/mol. The number of hydrogen-bond donors (Lipinski definition) is 0. The highest BCUT2D eigenvalue weighted by Crippen LogP contribution is 2.32. The third kappa shape index (κ3) is 3.80. The normalized spacial score (nSPS) is 41.5. The van der Waals surface area contributed by atoms with Crippen molar-refractivity contribution in [2.75, 3.05) is 11.5 Å². The van der Waals surface area contributed by atoms with Crippen LogP contribution in [0.4, 0.5) is 0 Å². The van der Waals surface area contributed by atoms with E-state index in [2.05, 4.69) is 29.5 Å². The molecule has 17 heavy (non-hydrogen) atoms. The standard InChI is InChI=1S/C12H21IO3S/c1-2-9-4-3-5-10(6-9)16-12-8-17(14,15)7-11(12)13/h9-12H,2-8H2,1H3. The van der Waals surface area contributed by atoms with Crippen LogP contribution in [-0.2, 0) is 14.6 Å². The number of ether oxygens (including phenoxy) is 1. The molecule has 4 unspecified atom stereocenters. The van der Waals surface area contributed by atoms with Crippen LogP contribution in [0, 0.1) is 5.92 Å². The van der Waals surface area contributed by atoms with Gasteiger partial charge in [0.2, 0.25) is 0 Å². The second-order valence-corrected chi connectivity index (χ2v) is 9.08. The highest BCUT2D eigenvalue weighted by molar-refractivity contribution is 14.1. The van der Waals surface area contributed by atoms with Crippen LogP contribution in [0.1, 0.15) is 39.0 Å². The smallest absolute Gasteiger partial charge is 0.154 e. The molecule has 5 heteroatoms. The first-order chi connectivity index (χ1) is 8.00. The van der Waals surface area contributed by atoms with Crippen LogP contribution in [0.2, 0.25) is 0 Å². The highest BCUT2D eigenvalue weighted by atomic mass is 127. The first-order valence-corrected chi connectivity index (χ1v) is 9.57. The lowest BCUT2D eigenvalue weighted by molar-refractivity contribution is -0.0250. The van der Waals surface area contributed by atoms with Crippen LogP contribution in [0.5, 0.6) is 0 Å². The fourth-order valence-electron chi connectivity index (χ4n) is 2.88. The third-order valence-corrected chi connectivity index (χ3v) is 7.46. The zero-order valence-electron chi connectivity index (χ0n) is 10.3. The molecule has 3 nitrogen and oxygen atoms in total. The monoisotopic (exact) mass is 372 g/mol. The van der Waals surface area contributed by atoms with Gasteiger partial charge in [0.05, 0.1) is 27.6 Å². The number of rotatable bonds is 3. The third-order valence-electron chi connectivity index (χ3n) is 3.91. The summed E-state index contributed by atoms with van der Waals surface area (Å²) >= 11 is 2.23. The Hall–Kier alpha value is 0.640. The molecule has 1 aliphatic heterocycles. The zero-order valence-corrected chi connectivity index (χ0v) is 13.2. The van der Waals surface area contributed by atoms with Crippen molar-refractivity contribution in [1.82, 2.24) is 0 Å². The van der Waals surface area contributed by atoms with E-state index in [1.165, 1.54) is 19.3 Å². The summed E-state index contributed by atoms with van der Waals surface area (Å²) in [7, 11) is -2.85. The van der Waals surface area contributed by atoms with Gasteiger partial charge in [-0.1, -0.05) is 48.8 Å². The highest BCUT2D eigenvalue weighted by Gasteiger charge is 2.38. The predicted octanol–water partition coefficient (Wildman–Crippen LogP) is 2.57. The van der Waals surface area contributed by atoms with E-state index in [9.17, 15) is 8.42 Å². The summed E-state index contributed by atoms with van der Waals surface area (Å²) in [5, 5.41) is 0. The van der Waals surface area contributed by atoms with Crippen molar-refractivity contribution in [3.05, 3.63) is 0 Å². The molecule has 2 aliphatic rings. The van der Waals surface area contributed by atoms with Crippen molar-refractivity contribution in [2.24, 2.45) is 5.92 Å². The molecule has 100 valence electrons. The number of alkyl halides is 1. The van der Waals surface area contributed by atoms with E-state index in [1.807, 2.05) is 0 Å². The molecule has 0 radical (unpaired) electrons. The topological polar surface area (TPSA) is 43.4 Å². The quantitative estimate of drug-likeness (QED) is 0.565. The lowest BCUT2D eigenvalue weighted by Gasteiger charge is -2.31. The molecule has 4 atom stereocenters. The Kier molecular flexibility index (Phi) is 4.74. The van der Waals surface area contributed by atoms with E-state index in [4.69, 9.17) is 4.74 Å². The minimum atomic E-state index is -2.85. The van der Waals surface area contributed by atoms with E-state index >= 15 is 0 Å². The Morgan fingerprint density at radius 3 is 2.65 bits per heavy atom. The predicted molar refractivity (Wildman–Crippen MR) is 77.4 cm³/mol. The van der Waals surface area contributed by atoms with E-state index in [-0.39, 0.29) is 15.8 Å². The van der Waals surface area contributed by atoms with Crippen LogP contribution in [0.25, 0.3) is 0 Å². The van der Waals surface area contributed by atoms with E-state index in [1.54, 1.807) is 0 Å². The largest absolute Gasteiger partial charge is 0.373 e. The number of hydrogen-bond acceptors (Lipinski definition) is 3. The summed E-state index contributed by atoms with van der Waals surface area (Å²) in [5.41, 5.74) is 0. The second-order valence-electron chi connectivity index (χ2n) is 5.33. The van der Waals surface area contributed by atoms with Crippen molar-refractivity contribution in [1.29, 1.82) is 0 Å². The van der Waals surface area contributed by atoms with Crippen LogP contribution in [0.3, 0.4) is 0 Å². The average Bonchev–Trinajstić information content (AvgIpc) is 2.52. The maximum absolute atomic E-state index is 11.5. The van der Waals surface area contributed by atoms with Crippen LogP contribution < -0.4 is 0 Å². The van der Waals surface area contributed by atoms with Crippen molar-refractivity contribution < 1.29 is 13.2 Å². The Balaban J connectivity index is 1.89. The number of sulfone groups is 1. The van der Waals surface area contributed by atoms with Crippen molar-refractivity contribution in [3.8, 4) is 0 Å². The molecule has 1 heterocycles. The van der Waals surface area contributed by atoms with Crippen LogP contribution in [-0.4, -0.2) is 36.1 Å². The summed E-state index contributed by atoms with van der Waals surface area (Å²) in [5.74, 6) is 1.30. The van der Waals surface area contributed by atoms with Crippen molar-refractivity contribution in [2.45, 2.75) is 55.2 Å². The maximum atomic E-state index is 11.5. The van der Waals surface area contributed by atoms with Gasteiger partial charge in [-0.3, -0.25) is 0 Å². The zero-order chi connectivity index (χ0) is 12.5. The van der Waals surface area contributed by atoms with Crippen LogP contribution in [0.15, 0.2) is 0 Å². The molecule has 0 N–H and O–H groups in total. The van der Waals surface area contributed by atoms with E-state index < -0.39 is 9.84 Å². The minimum Gasteiger partial charge on any atom is -0.373 e. The lowest BCUT2D eigenvalue weighted by Crippen LogP contribution is -2.31.